The van der Waals surface area contributed by atoms with E-state index in [0.29, 0.717) is 22.3 Å². The van der Waals surface area contributed by atoms with E-state index >= 15 is 0 Å². The molecule has 0 aliphatic heterocycles. The number of nitriles is 2. The first-order valence-corrected chi connectivity index (χ1v) is 20.1. The lowest BCUT2D eigenvalue weighted by Gasteiger charge is -2.20. The first kappa shape index (κ1) is 40.7. The van der Waals surface area contributed by atoms with Crippen LogP contribution in [0.1, 0.15) is 39.5 Å². The van der Waals surface area contributed by atoms with Crippen LogP contribution in [-0.2, 0) is 9.59 Å². The van der Waals surface area contributed by atoms with Crippen LogP contribution in [0.4, 0.5) is 0 Å². The molecule has 8 aromatic rings. The number of fused-ring (bicyclic) bond motifs is 4. The molecule has 0 radical (unpaired) electrons. The van der Waals surface area contributed by atoms with Crippen molar-refractivity contribution in [1.82, 2.24) is 0 Å². The van der Waals surface area contributed by atoms with Gasteiger partial charge in [0.25, 0.3) is 0 Å². The van der Waals surface area contributed by atoms with Crippen LogP contribution in [-0.4, -0.2) is 33.2 Å². The van der Waals surface area contributed by atoms with Crippen molar-refractivity contribution in [1.29, 1.82) is 10.5 Å². The second-order valence-electron chi connectivity index (χ2n) is 15.6. The Morgan fingerprint density at radius 3 is 1.13 bits per heavy atom. The summed E-state index contributed by atoms with van der Waals surface area (Å²) in [5.41, 5.74) is -0.864. The van der Waals surface area contributed by atoms with Crippen molar-refractivity contribution in [3.63, 3.8) is 0 Å². The van der Waals surface area contributed by atoms with Crippen LogP contribution in [0.3, 0.4) is 0 Å². The van der Waals surface area contributed by atoms with Crippen molar-refractivity contribution in [2.24, 2.45) is 10.2 Å². The molecule has 2 N–H and O–H groups in total. The van der Waals surface area contributed by atoms with E-state index in [1.54, 1.807) is 24.3 Å². The summed E-state index contributed by atoms with van der Waals surface area (Å²) in [6.45, 7) is 3.02. The molecular formula is C52H40N4O6. The number of phenols is 2. The van der Waals surface area contributed by atoms with Gasteiger partial charge < -0.3 is 19.7 Å². The minimum Gasteiger partial charge on any atom is -0.507 e. The Hall–Kier alpha value is -8.08. The van der Waals surface area contributed by atoms with E-state index in [4.69, 9.17) is 9.47 Å². The van der Waals surface area contributed by atoms with E-state index < -0.39 is 23.0 Å². The zero-order chi connectivity index (χ0) is 43.4. The van der Waals surface area contributed by atoms with Gasteiger partial charge >= 0.3 is 11.9 Å². The molecule has 8 aromatic carbocycles. The quantitative estimate of drug-likeness (QED) is 0.0698. The van der Waals surface area contributed by atoms with E-state index in [2.05, 4.69) is 22.4 Å². The summed E-state index contributed by atoms with van der Waals surface area (Å²) < 4.78 is 11.9. The van der Waals surface area contributed by atoms with Crippen LogP contribution < -0.4 is 9.47 Å². The molecule has 62 heavy (non-hydrogen) atoms. The van der Waals surface area contributed by atoms with Gasteiger partial charge in [0.05, 0.1) is 12.1 Å². The fraction of sp³-hybridized carbons (Fsp3) is 0.154. The maximum Gasteiger partial charge on any atom is 0.311 e. The van der Waals surface area contributed by atoms with E-state index in [-0.39, 0.29) is 48.7 Å². The molecule has 0 amide bonds. The highest BCUT2D eigenvalue weighted by atomic mass is 16.5. The summed E-state index contributed by atoms with van der Waals surface area (Å²) >= 11 is 0. The normalized spacial score (nSPS) is 13.4. The zero-order valence-corrected chi connectivity index (χ0v) is 34.0. The van der Waals surface area contributed by atoms with Gasteiger partial charge in [-0.25, -0.2) is 0 Å². The van der Waals surface area contributed by atoms with Crippen molar-refractivity contribution in [2.75, 3.05) is 0 Å². The van der Waals surface area contributed by atoms with Gasteiger partial charge in [0.1, 0.15) is 23.0 Å². The Kier molecular flexibility index (Phi) is 11.1. The van der Waals surface area contributed by atoms with Gasteiger partial charge in [-0.3, -0.25) is 9.59 Å². The van der Waals surface area contributed by atoms with E-state index in [0.717, 1.165) is 43.1 Å². The molecule has 0 bridgehead atoms. The largest absolute Gasteiger partial charge is 0.507 e. The number of carbonyl (C=O) groups is 2. The summed E-state index contributed by atoms with van der Waals surface area (Å²) in [5.74, 6) is -0.711. The monoisotopic (exact) mass is 816 g/mol. The number of nitrogens with zero attached hydrogens (tertiary/aromatic N) is 4. The molecular weight excluding hydrogens is 777 g/mol. The Balaban J connectivity index is 0.978. The average molecular weight is 817 g/mol. The highest BCUT2D eigenvalue weighted by Gasteiger charge is 2.31. The van der Waals surface area contributed by atoms with Crippen molar-refractivity contribution < 1.29 is 29.3 Å². The third kappa shape index (κ3) is 8.10. The van der Waals surface area contributed by atoms with Crippen LogP contribution in [0.2, 0.25) is 0 Å². The molecule has 0 spiro atoms. The maximum atomic E-state index is 13.5. The average Bonchev–Trinajstić information content (AvgIpc) is 3.30. The number of carbonyl (C=O) groups excluding carboxylic acids is 2. The van der Waals surface area contributed by atoms with Crippen molar-refractivity contribution in [3.05, 3.63) is 146 Å². The third-order valence-corrected chi connectivity index (χ3v) is 11.1. The van der Waals surface area contributed by atoms with Gasteiger partial charge in [0.15, 0.2) is 11.1 Å². The van der Waals surface area contributed by atoms with E-state index in [1.807, 2.05) is 121 Å². The number of ether oxygens (including phenoxy) is 2. The fourth-order valence-corrected chi connectivity index (χ4v) is 7.75. The predicted octanol–water partition coefficient (Wildman–Crippen LogP) is 12.1. The number of hydrogen-bond acceptors (Lipinski definition) is 10. The number of phenolic OH excluding ortho intramolecular Hbond substituents is 2. The maximum absolute atomic E-state index is 13.5. The van der Waals surface area contributed by atoms with E-state index in [9.17, 15) is 30.3 Å². The first-order valence-electron chi connectivity index (χ1n) is 20.1. The SMILES string of the molecule is CC(C#N)(CCC(=O)Oc1ccc2ccccc2c1-c1c(O)ccc2ccccc12)N=NC(C)(C#N)CCC(=O)Oc1ccc2ccccc2c1-c1c(O)ccc2ccccc12. The van der Waals surface area contributed by atoms with Crippen molar-refractivity contribution >= 4 is 55.0 Å². The minimum absolute atomic E-state index is 0.0308. The summed E-state index contributed by atoms with van der Waals surface area (Å²) in [7, 11) is 0. The third-order valence-electron chi connectivity index (χ3n) is 11.1. The number of hydrogen-bond donors (Lipinski definition) is 2. The Bertz CT molecular complexity index is 2970. The number of azo groups is 1. The van der Waals surface area contributed by atoms with Gasteiger partial charge in [0, 0.05) is 35.1 Å². The summed E-state index contributed by atoms with van der Waals surface area (Å²) in [4.78, 5) is 27.0. The zero-order valence-electron chi connectivity index (χ0n) is 34.0. The predicted molar refractivity (Wildman–Crippen MR) is 240 cm³/mol. The standard InChI is InChI=1S/C52H40N4O6/c1-51(31-53,29-27-45(59)61-43-25-21-35-13-5-9-17-39(35)49(43)47-37-15-7-3-11-33(37)19-23-41(47)57)55-56-52(2,32-54)30-28-46(60)62-44-26-22-36-14-6-10-18-40(36)50(44)48-38-16-8-4-12-34(38)20-24-42(48)58/h3-26,57-58H,27-30H2,1-2H3. The van der Waals surface area contributed by atoms with Crippen molar-refractivity contribution in [3.8, 4) is 57.4 Å². The molecule has 304 valence electrons. The molecule has 0 saturated heterocycles. The van der Waals surface area contributed by atoms with Crippen LogP contribution in [0, 0.1) is 22.7 Å². The minimum atomic E-state index is -1.52. The van der Waals surface area contributed by atoms with Crippen LogP contribution in [0.15, 0.2) is 156 Å². The Morgan fingerprint density at radius 2 is 0.790 bits per heavy atom. The molecule has 2 atom stereocenters. The summed E-state index contributed by atoms with van der Waals surface area (Å²) in [5, 5.41) is 58.0. The molecule has 8 rings (SSSR count). The molecule has 0 saturated carbocycles. The van der Waals surface area contributed by atoms with Crippen LogP contribution >= 0.6 is 0 Å². The van der Waals surface area contributed by atoms with Gasteiger partial charge in [-0.05, 0) is 94.0 Å². The molecule has 2 unspecified atom stereocenters. The Labute approximate surface area is 357 Å². The molecule has 0 aromatic heterocycles. The molecule has 10 heteroatoms. The molecule has 0 aliphatic rings. The van der Waals surface area contributed by atoms with E-state index in [1.165, 1.54) is 13.8 Å². The Morgan fingerprint density at radius 1 is 0.484 bits per heavy atom. The summed E-state index contributed by atoms with van der Waals surface area (Å²) in [6.07, 6.45) is -0.591. The van der Waals surface area contributed by atoms with Crippen LogP contribution in [0.25, 0.3) is 65.3 Å². The molecule has 10 nitrogen and oxygen atoms in total. The second-order valence-corrected chi connectivity index (χ2v) is 15.6. The van der Waals surface area contributed by atoms with Gasteiger partial charge in [-0.15, -0.1) is 0 Å². The fourth-order valence-electron chi connectivity index (χ4n) is 7.75. The smallest absolute Gasteiger partial charge is 0.311 e. The lowest BCUT2D eigenvalue weighted by atomic mass is 9.92. The lowest BCUT2D eigenvalue weighted by Crippen LogP contribution is -2.26. The molecule has 0 aliphatic carbocycles. The highest BCUT2D eigenvalue weighted by molar-refractivity contribution is 6.11. The number of benzene rings is 8. The van der Waals surface area contributed by atoms with Gasteiger partial charge in [-0.2, -0.15) is 20.8 Å². The molecule has 0 fully saturated rings. The molecule has 0 heterocycles. The topological polar surface area (TPSA) is 165 Å². The lowest BCUT2D eigenvalue weighted by molar-refractivity contribution is -0.135. The number of aromatic hydroxyl groups is 2. The highest BCUT2D eigenvalue weighted by Crippen LogP contribution is 2.47. The van der Waals surface area contributed by atoms with Gasteiger partial charge in [0.2, 0.25) is 0 Å². The number of rotatable bonds is 12. The summed E-state index contributed by atoms with van der Waals surface area (Å²) in [6, 6.07) is 48.7. The second kappa shape index (κ2) is 16.9. The van der Waals surface area contributed by atoms with Gasteiger partial charge in [-0.1, -0.05) is 121 Å². The van der Waals surface area contributed by atoms with Crippen molar-refractivity contribution in [2.45, 2.75) is 50.6 Å². The number of esters is 2. The van der Waals surface area contributed by atoms with Crippen LogP contribution in [0.5, 0.6) is 23.0 Å². The first-order chi connectivity index (χ1) is 30.0.